The number of amides is 1. The molecular formula is C18H18N2O6. The van der Waals surface area contributed by atoms with Crippen molar-refractivity contribution in [2.75, 3.05) is 19.0 Å². The van der Waals surface area contributed by atoms with Crippen LogP contribution in [0.2, 0.25) is 0 Å². The molecule has 136 valence electrons. The number of nitro benzene ring substituents is 1. The quantitative estimate of drug-likeness (QED) is 0.483. The smallest absolute Gasteiger partial charge is 0.342 e. The van der Waals surface area contributed by atoms with Crippen molar-refractivity contribution in [3.8, 4) is 5.75 Å². The van der Waals surface area contributed by atoms with E-state index in [0.717, 1.165) is 17.2 Å². The van der Waals surface area contributed by atoms with Gasteiger partial charge in [-0.2, -0.15) is 0 Å². The summed E-state index contributed by atoms with van der Waals surface area (Å²) in [6.07, 6.45) is 0. The van der Waals surface area contributed by atoms with Crippen molar-refractivity contribution in [2.45, 2.75) is 13.8 Å². The van der Waals surface area contributed by atoms with Crippen molar-refractivity contribution < 1.29 is 24.0 Å². The molecule has 0 unspecified atom stereocenters. The highest BCUT2D eigenvalue weighted by atomic mass is 16.6. The summed E-state index contributed by atoms with van der Waals surface area (Å²) < 4.78 is 9.98. The van der Waals surface area contributed by atoms with E-state index in [9.17, 15) is 19.7 Å². The molecular weight excluding hydrogens is 340 g/mol. The maximum absolute atomic E-state index is 12.2. The molecule has 0 aliphatic heterocycles. The van der Waals surface area contributed by atoms with Gasteiger partial charge in [0, 0.05) is 17.8 Å². The number of hydrogen-bond donors (Lipinski definition) is 1. The monoisotopic (exact) mass is 358 g/mol. The van der Waals surface area contributed by atoms with Crippen LogP contribution in [0.4, 0.5) is 11.4 Å². The average Bonchev–Trinajstić information content (AvgIpc) is 2.62. The Kier molecular flexibility index (Phi) is 5.90. The fourth-order valence-corrected chi connectivity index (χ4v) is 2.37. The first-order chi connectivity index (χ1) is 12.3. The Morgan fingerprint density at radius 1 is 1.15 bits per heavy atom. The number of rotatable bonds is 6. The lowest BCUT2D eigenvalue weighted by atomic mass is 10.1. The minimum atomic E-state index is -0.887. The Hall–Kier alpha value is -3.42. The van der Waals surface area contributed by atoms with Crippen LogP contribution in [0.15, 0.2) is 36.4 Å². The predicted octanol–water partition coefficient (Wildman–Crippen LogP) is 3.02. The Labute approximate surface area is 149 Å². The number of carbonyl (C=O) groups excluding carboxylic acids is 2. The number of anilines is 1. The van der Waals surface area contributed by atoms with E-state index < -0.39 is 23.4 Å². The fourth-order valence-electron chi connectivity index (χ4n) is 2.37. The van der Waals surface area contributed by atoms with Crippen LogP contribution in [0.3, 0.4) is 0 Å². The number of non-ortho nitro benzene ring substituents is 1. The van der Waals surface area contributed by atoms with Gasteiger partial charge in [0.1, 0.15) is 11.3 Å². The van der Waals surface area contributed by atoms with Crippen LogP contribution in [0.1, 0.15) is 21.5 Å². The number of methoxy groups -OCH3 is 1. The molecule has 0 radical (unpaired) electrons. The summed E-state index contributed by atoms with van der Waals surface area (Å²) >= 11 is 0. The van der Waals surface area contributed by atoms with Crippen LogP contribution in [0, 0.1) is 24.0 Å². The third-order valence-electron chi connectivity index (χ3n) is 3.69. The number of para-hydroxylation sites is 1. The van der Waals surface area contributed by atoms with Gasteiger partial charge in [0.25, 0.3) is 11.6 Å². The van der Waals surface area contributed by atoms with Crippen molar-refractivity contribution in [3.05, 3.63) is 63.2 Å². The largest absolute Gasteiger partial charge is 0.496 e. The number of nitro groups is 1. The van der Waals surface area contributed by atoms with Crippen LogP contribution in [-0.2, 0) is 9.53 Å². The highest BCUT2D eigenvalue weighted by Crippen LogP contribution is 2.25. The summed E-state index contributed by atoms with van der Waals surface area (Å²) in [4.78, 5) is 34.5. The van der Waals surface area contributed by atoms with Gasteiger partial charge < -0.3 is 14.8 Å². The molecule has 0 spiro atoms. The Bertz CT molecular complexity index is 843. The summed E-state index contributed by atoms with van der Waals surface area (Å²) in [5, 5.41) is 13.5. The number of esters is 1. The molecule has 26 heavy (non-hydrogen) atoms. The van der Waals surface area contributed by atoms with Crippen LogP contribution in [-0.4, -0.2) is 30.5 Å². The molecule has 0 saturated carbocycles. The second-order valence-corrected chi connectivity index (χ2v) is 5.53. The second kappa shape index (κ2) is 8.11. The molecule has 8 heteroatoms. The minimum absolute atomic E-state index is 0.121. The van der Waals surface area contributed by atoms with E-state index in [0.29, 0.717) is 5.69 Å². The lowest BCUT2D eigenvalue weighted by Gasteiger charge is -2.12. The van der Waals surface area contributed by atoms with Crippen molar-refractivity contribution in [2.24, 2.45) is 0 Å². The van der Waals surface area contributed by atoms with Gasteiger partial charge in [0.2, 0.25) is 0 Å². The normalized spacial score (nSPS) is 10.1. The highest BCUT2D eigenvalue weighted by molar-refractivity contribution is 5.97. The summed E-state index contributed by atoms with van der Waals surface area (Å²) in [5.41, 5.74) is 2.01. The molecule has 1 N–H and O–H groups in total. The van der Waals surface area contributed by atoms with Crippen LogP contribution >= 0.6 is 0 Å². The van der Waals surface area contributed by atoms with Gasteiger partial charge in [0.15, 0.2) is 6.61 Å². The molecule has 0 saturated heterocycles. The zero-order valence-corrected chi connectivity index (χ0v) is 14.6. The standard InChI is InChI=1S/C18H18N2O6/c1-11-5-4-6-12(2)17(11)19-16(21)10-26-18(22)14-9-13(20(23)24)7-8-15(14)25-3/h4-9H,10H2,1-3H3,(H,19,21). The zero-order valence-electron chi connectivity index (χ0n) is 14.6. The van der Waals surface area contributed by atoms with Gasteiger partial charge in [-0.25, -0.2) is 4.79 Å². The maximum Gasteiger partial charge on any atom is 0.342 e. The molecule has 0 atom stereocenters. The lowest BCUT2D eigenvalue weighted by Crippen LogP contribution is -2.22. The zero-order chi connectivity index (χ0) is 19.3. The number of carbonyl (C=O) groups is 2. The van der Waals surface area contributed by atoms with Crippen LogP contribution < -0.4 is 10.1 Å². The van der Waals surface area contributed by atoms with Gasteiger partial charge in [-0.3, -0.25) is 14.9 Å². The molecule has 0 aromatic heterocycles. The van der Waals surface area contributed by atoms with E-state index in [1.165, 1.54) is 19.2 Å². The molecule has 2 rings (SSSR count). The number of benzene rings is 2. The van der Waals surface area contributed by atoms with E-state index in [4.69, 9.17) is 9.47 Å². The van der Waals surface area contributed by atoms with Crippen LogP contribution in [0.5, 0.6) is 5.75 Å². The molecule has 0 aliphatic rings. The van der Waals surface area contributed by atoms with Crippen molar-refractivity contribution >= 4 is 23.3 Å². The Balaban J connectivity index is 2.07. The average molecular weight is 358 g/mol. The van der Waals surface area contributed by atoms with Gasteiger partial charge in [0.05, 0.1) is 12.0 Å². The third-order valence-corrected chi connectivity index (χ3v) is 3.69. The number of ether oxygens (including phenoxy) is 2. The fraction of sp³-hybridized carbons (Fsp3) is 0.222. The van der Waals surface area contributed by atoms with Gasteiger partial charge in [-0.05, 0) is 31.0 Å². The first kappa shape index (κ1) is 18.9. The molecule has 2 aromatic rings. The molecule has 1 amide bonds. The predicted molar refractivity (Wildman–Crippen MR) is 94.5 cm³/mol. The number of nitrogens with one attached hydrogen (secondary N) is 1. The van der Waals surface area contributed by atoms with E-state index in [1.54, 1.807) is 0 Å². The van der Waals surface area contributed by atoms with Crippen LogP contribution in [0.25, 0.3) is 0 Å². The summed E-state index contributed by atoms with van der Waals surface area (Å²) in [6, 6.07) is 9.12. The molecule has 0 heterocycles. The number of aryl methyl sites for hydroxylation is 2. The Morgan fingerprint density at radius 2 is 1.81 bits per heavy atom. The molecule has 0 fully saturated rings. The van der Waals surface area contributed by atoms with E-state index in [1.807, 2.05) is 32.0 Å². The summed E-state index contributed by atoms with van der Waals surface area (Å²) in [5.74, 6) is -1.28. The van der Waals surface area contributed by atoms with Crippen molar-refractivity contribution in [1.29, 1.82) is 0 Å². The van der Waals surface area contributed by atoms with E-state index in [2.05, 4.69) is 5.32 Å². The number of nitrogens with zero attached hydrogens (tertiary/aromatic N) is 1. The highest BCUT2D eigenvalue weighted by Gasteiger charge is 2.20. The number of hydrogen-bond acceptors (Lipinski definition) is 6. The maximum atomic E-state index is 12.2. The SMILES string of the molecule is COc1ccc([N+](=O)[O-])cc1C(=O)OCC(=O)Nc1c(C)cccc1C. The summed E-state index contributed by atoms with van der Waals surface area (Å²) in [7, 11) is 1.33. The minimum Gasteiger partial charge on any atom is -0.496 e. The van der Waals surface area contributed by atoms with Gasteiger partial charge in [-0.1, -0.05) is 18.2 Å². The van der Waals surface area contributed by atoms with Gasteiger partial charge in [-0.15, -0.1) is 0 Å². The molecule has 2 aromatic carbocycles. The molecule has 0 aliphatic carbocycles. The first-order valence-corrected chi connectivity index (χ1v) is 7.69. The Morgan fingerprint density at radius 3 is 2.38 bits per heavy atom. The van der Waals surface area contributed by atoms with Crippen molar-refractivity contribution in [1.82, 2.24) is 0 Å². The first-order valence-electron chi connectivity index (χ1n) is 7.69. The van der Waals surface area contributed by atoms with E-state index in [-0.39, 0.29) is 17.0 Å². The topological polar surface area (TPSA) is 108 Å². The second-order valence-electron chi connectivity index (χ2n) is 5.53. The van der Waals surface area contributed by atoms with Crippen molar-refractivity contribution in [3.63, 3.8) is 0 Å². The molecule has 0 bridgehead atoms. The van der Waals surface area contributed by atoms with Gasteiger partial charge >= 0.3 is 5.97 Å². The lowest BCUT2D eigenvalue weighted by molar-refractivity contribution is -0.384. The third kappa shape index (κ3) is 4.35. The summed E-state index contributed by atoms with van der Waals surface area (Å²) in [6.45, 7) is 3.17. The molecule has 8 nitrogen and oxygen atoms in total. The van der Waals surface area contributed by atoms with E-state index >= 15 is 0 Å².